The lowest BCUT2D eigenvalue weighted by Gasteiger charge is -2.32. The highest BCUT2D eigenvalue weighted by Gasteiger charge is 2.36. The van der Waals surface area contributed by atoms with E-state index in [1.165, 1.54) is 40.9 Å². The number of ether oxygens (including phenoxy) is 1. The molecule has 12 heteroatoms. The molecule has 11 nitrogen and oxygen atoms in total. The fraction of sp³-hybridized carbons (Fsp3) is 0.615. The van der Waals surface area contributed by atoms with Gasteiger partial charge in [-0.2, -0.15) is 0 Å². The van der Waals surface area contributed by atoms with E-state index in [9.17, 15) is 23.6 Å². The second-order valence-electron chi connectivity index (χ2n) is 10.4. The first kappa shape index (κ1) is 29.3. The highest BCUT2D eigenvalue weighted by atomic mass is 19.1. The number of rotatable bonds is 4. The molecule has 1 aromatic carbocycles. The molecule has 2 aliphatic rings. The van der Waals surface area contributed by atoms with E-state index < -0.39 is 17.8 Å². The zero-order valence-electron chi connectivity index (χ0n) is 22.9. The minimum absolute atomic E-state index is 0.0352. The van der Waals surface area contributed by atoms with Crippen LogP contribution < -0.4 is 10.5 Å². The Bertz CT molecular complexity index is 1050. The van der Waals surface area contributed by atoms with E-state index >= 15 is 0 Å². The third-order valence-corrected chi connectivity index (χ3v) is 7.13. The Balaban J connectivity index is 1.97. The minimum atomic E-state index is -0.981. The molecule has 0 unspecified atom stereocenters. The second-order valence-corrected chi connectivity index (χ2v) is 10.4. The lowest BCUT2D eigenvalue weighted by Crippen LogP contribution is -2.50. The van der Waals surface area contributed by atoms with Crippen LogP contribution in [-0.4, -0.2) is 134 Å². The van der Waals surface area contributed by atoms with Gasteiger partial charge in [-0.3, -0.25) is 19.2 Å². The summed E-state index contributed by atoms with van der Waals surface area (Å²) in [5.74, 6) is -2.02. The first-order valence-electron chi connectivity index (χ1n) is 12.8. The number of hydrogen-bond acceptors (Lipinski definition) is 7. The van der Waals surface area contributed by atoms with Crippen molar-refractivity contribution in [1.29, 1.82) is 0 Å². The van der Waals surface area contributed by atoms with E-state index in [2.05, 4.69) is 0 Å². The maximum absolute atomic E-state index is 14.3. The molecule has 0 bridgehead atoms. The number of halogens is 1. The van der Waals surface area contributed by atoms with Crippen LogP contribution >= 0.6 is 0 Å². The molecule has 3 atom stereocenters. The van der Waals surface area contributed by atoms with Gasteiger partial charge in [-0.1, -0.05) is 0 Å². The van der Waals surface area contributed by atoms with Crippen LogP contribution in [0.3, 0.4) is 0 Å². The molecule has 0 aromatic heterocycles. The highest BCUT2D eigenvalue weighted by Crippen LogP contribution is 2.26. The molecule has 2 N–H and O–H groups in total. The Labute approximate surface area is 223 Å². The maximum Gasteiger partial charge on any atom is 0.258 e. The van der Waals surface area contributed by atoms with Crippen molar-refractivity contribution in [3.05, 3.63) is 29.6 Å². The van der Waals surface area contributed by atoms with E-state index in [1.54, 1.807) is 11.9 Å². The number of carbonyl (C=O) groups excluding carboxylic acids is 4. The summed E-state index contributed by atoms with van der Waals surface area (Å²) in [6.45, 7) is 1.25. The van der Waals surface area contributed by atoms with Crippen molar-refractivity contribution in [2.45, 2.75) is 37.4 Å². The lowest BCUT2D eigenvalue weighted by molar-refractivity contribution is -0.141. The van der Waals surface area contributed by atoms with Crippen molar-refractivity contribution >= 4 is 23.6 Å². The number of likely N-dealkylation sites (N-methyl/N-ethyl adjacent to an activating group) is 4. The Morgan fingerprint density at radius 3 is 2.53 bits per heavy atom. The first-order valence-corrected chi connectivity index (χ1v) is 12.8. The van der Waals surface area contributed by atoms with Gasteiger partial charge in [0.15, 0.2) is 0 Å². The third kappa shape index (κ3) is 6.98. The van der Waals surface area contributed by atoms with Gasteiger partial charge < -0.3 is 35.0 Å². The molecule has 210 valence electrons. The molecule has 1 fully saturated rings. The van der Waals surface area contributed by atoms with E-state index in [1.807, 2.05) is 19.0 Å². The predicted molar refractivity (Wildman–Crippen MR) is 139 cm³/mol. The zero-order valence-corrected chi connectivity index (χ0v) is 22.9. The van der Waals surface area contributed by atoms with Crippen molar-refractivity contribution in [2.75, 3.05) is 68.0 Å². The predicted octanol–water partition coefficient (Wildman–Crippen LogP) is -0.154. The summed E-state index contributed by atoms with van der Waals surface area (Å²) in [5.41, 5.74) is 6.07. The second kappa shape index (κ2) is 12.5. The molecule has 1 saturated heterocycles. The van der Waals surface area contributed by atoms with Crippen LogP contribution in [0.15, 0.2) is 18.2 Å². The standard InChI is InChI=1S/C26H39FN6O5/c1-29(2)10-11-30(3)26(37)21-7-9-23(34)31(4)15-24(35)33-14-18(28)13-19(33)16-38-22-8-6-17(27)12-20(22)25(36)32(21)5/h6,8,12,18-19,21H,7,9-11,13-16,28H2,1-5H3/t18-,19+,21+/m1/s1. The van der Waals surface area contributed by atoms with Gasteiger partial charge in [-0.25, -0.2) is 4.39 Å². The average Bonchev–Trinajstić information content (AvgIpc) is 3.25. The fourth-order valence-electron chi connectivity index (χ4n) is 4.76. The van der Waals surface area contributed by atoms with Gasteiger partial charge in [-0.05, 0) is 45.1 Å². The van der Waals surface area contributed by atoms with Crippen LogP contribution in [0.1, 0.15) is 29.6 Å². The molecule has 0 radical (unpaired) electrons. The average molecular weight is 535 g/mol. The van der Waals surface area contributed by atoms with Gasteiger partial charge in [-0.15, -0.1) is 0 Å². The molecule has 3 rings (SSSR count). The zero-order chi connectivity index (χ0) is 28.1. The summed E-state index contributed by atoms with van der Waals surface area (Å²) >= 11 is 0. The molecule has 0 spiro atoms. The summed E-state index contributed by atoms with van der Waals surface area (Å²) in [6.07, 6.45) is 0.464. The molecule has 38 heavy (non-hydrogen) atoms. The van der Waals surface area contributed by atoms with Crippen LogP contribution in [0.4, 0.5) is 4.39 Å². The Morgan fingerprint density at radius 1 is 1.13 bits per heavy atom. The number of nitrogens with two attached hydrogens (primary N) is 1. The molecule has 0 saturated carbocycles. The van der Waals surface area contributed by atoms with Crippen molar-refractivity contribution in [3.63, 3.8) is 0 Å². The molecule has 1 aromatic rings. The summed E-state index contributed by atoms with van der Waals surface area (Å²) in [6, 6.07) is 2.04. The molecular weight excluding hydrogens is 495 g/mol. The van der Waals surface area contributed by atoms with Crippen LogP contribution in [0.25, 0.3) is 0 Å². The van der Waals surface area contributed by atoms with Gasteiger partial charge in [0.25, 0.3) is 5.91 Å². The summed E-state index contributed by atoms with van der Waals surface area (Å²) in [5, 5.41) is 0. The number of carbonyl (C=O) groups is 4. The van der Waals surface area contributed by atoms with Crippen LogP contribution in [-0.2, 0) is 14.4 Å². The van der Waals surface area contributed by atoms with Crippen LogP contribution in [0, 0.1) is 5.82 Å². The molecule has 0 aliphatic carbocycles. The SMILES string of the molecule is CN(C)CCN(C)C(=O)[C@@H]1CCC(=O)N(C)CC(=O)N2C[C@H](N)C[C@H]2COc2ccc(F)cc2C(=O)N1C. The Kier molecular flexibility index (Phi) is 9.66. The van der Waals surface area contributed by atoms with Gasteiger partial charge in [0, 0.05) is 53.2 Å². The van der Waals surface area contributed by atoms with Gasteiger partial charge >= 0.3 is 0 Å². The van der Waals surface area contributed by atoms with Gasteiger partial charge in [0.05, 0.1) is 18.2 Å². The molecule has 2 heterocycles. The fourth-order valence-corrected chi connectivity index (χ4v) is 4.76. The van der Waals surface area contributed by atoms with Crippen molar-refractivity contribution in [1.82, 2.24) is 24.5 Å². The van der Waals surface area contributed by atoms with E-state index in [-0.39, 0.29) is 67.1 Å². The van der Waals surface area contributed by atoms with E-state index in [4.69, 9.17) is 10.5 Å². The first-order chi connectivity index (χ1) is 17.9. The monoisotopic (exact) mass is 534 g/mol. The summed E-state index contributed by atoms with van der Waals surface area (Å²) in [4.78, 5) is 60.7. The number of nitrogens with zero attached hydrogens (tertiary/aromatic N) is 5. The van der Waals surface area contributed by atoms with Crippen LogP contribution in [0.5, 0.6) is 5.75 Å². The molecule has 2 aliphatic heterocycles. The van der Waals surface area contributed by atoms with E-state index in [0.29, 0.717) is 26.1 Å². The Morgan fingerprint density at radius 2 is 1.84 bits per heavy atom. The normalized spacial score (nSPS) is 23.5. The molecule has 4 amide bonds. The third-order valence-electron chi connectivity index (χ3n) is 7.13. The lowest BCUT2D eigenvalue weighted by atomic mass is 10.1. The highest BCUT2D eigenvalue weighted by molar-refractivity contribution is 5.99. The maximum atomic E-state index is 14.3. The van der Waals surface area contributed by atoms with Gasteiger partial charge in [0.1, 0.15) is 24.2 Å². The van der Waals surface area contributed by atoms with Crippen molar-refractivity contribution < 1.29 is 28.3 Å². The van der Waals surface area contributed by atoms with Gasteiger partial charge in [0.2, 0.25) is 17.7 Å². The smallest absolute Gasteiger partial charge is 0.258 e. The number of amides is 4. The van der Waals surface area contributed by atoms with E-state index in [0.717, 1.165) is 6.07 Å². The summed E-state index contributed by atoms with van der Waals surface area (Å²) in [7, 11) is 8.41. The largest absolute Gasteiger partial charge is 0.491 e. The topological polar surface area (TPSA) is 120 Å². The number of hydrogen-bond donors (Lipinski definition) is 1. The number of fused-ring (bicyclic) bond motifs is 2. The van der Waals surface area contributed by atoms with Crippen molar-refractivity contribution in [2.24, 2.45) is 5.73 Å². The minimum Gasteiger partial charge on any atom is -0.491 e. The number of benzene rings is 1. The quantitative estimate of drug-likeness (QED) is 0.570. The Hall–Kier alpha value is -3.25. The van der Waals surface area contributed by atoms with Crippen LogP contribution in [0.2, 0.25) is 0 Å². The van der Waals surface area contributed by atoms with Crippen molar-refractivity contribution in [3.8, 4) is 5.75 Å². The summed E-state index contributed by atoms with van der Waals surface area (Å²) < 4.78 is 20.2. The molecular formula is C26H39FN6O5.